The highest BCUT2D eigenvalue weighted by Crippen LogP contribution is 2.36. The number of hydrogen-bond acceptors (Lipinski definition) is 2. The van der Waals surface area contributed by atoms with Gasteiger partial charge in [0.05, 0.1) is 18.7 Å². The number of para-hydroxylation sites is 1. The van der Waals surface area contributed by atoms with Gasteiger partial charge in [0.25, 0.3) is 5.91 Å². The summed E-state index contributed by atoms with van der Waals surface area (Å²) in [6.45, 7) is 3.65. The zero-order valence-corrected chi connectivity index (χ0v) is 18.6. The van der Waals surface area contributed by atoms with Crippen molar-refractivity contribution in [2.45, 2.75) is 32.4 Å². The molecule has 1 aromatic heterocycles. The third kappa shape index (κ3) is 3.56. The topological polar surface area (TPSA) is 34.5 Å². The molecule has 0 saturated carbocycles. The largest absolute Gasteiger partial charge is 0.497 e. The van der Waals surface area contributed by atoms with Crippen molar-refractivity contribution in [3.8, 4) is 5.75 Å². The number of aromatic nitrogens is 1. The van der Waals surface area contributed by atoms with E-state index in [9.17, 15) is 4.79 Å². The van der Waals surface area contributed by atoms with Crippen molar-refractivity contribution in [2.24, 2.45) is 0 Å². The Morgan fingerprint density at radius 3 is 2.59 bits per heavy atom. The lowest BCUT2D eigenvalue weighted by Gasteiger charge is -2.38. The van der Waals surface area contributed by atoms with Crippen LogP contribution in [-0.4, -0.2) is 29.0 Å². The molecule has 0 spiro atoms. The molecule has 1 unspecified atom stereocenters. The van der Waals surface area contributed by atoms with E-state index in [4.69, 9.17) is 4.74 Å². The summed E-state index contributed by atoms with van der Waals surface area (Å²) in [6, 6.07) is 24.9. The second kappa shape index (κ2) is 8.54. The Morgan fingerprint density at radius 1 is 1.03 bits per heavy atom. The van der Waals surface area contributed by atoms with Crippen LogP contribution in [0.25, 0.3) is 10.9 Å². The van der Waals surface area contributed by atoms with Crippen molar-refractivity contribution >= 4 is 16.8 Å². The minimum Gasteiger partial charge on any atom is -0.497 e. The number of rotatable bonds is 5. The first kappa shape index (κ1) is 20.4. The minimum atomic E-state index is -0.0108. The SMILES string of the molecule is CCn1cc(C(=O)N2CCc3cc(OC)ccc3C2Cc2ccccc2)c2ccccc21. The van der Waals surface area contributed by atoms with E-state index in [2.05, 4.69) is 64.9 Å². The van der Waals surface area contributed by atoms with Crippen LogP contribution in [0.3, 0.4) is 0 Å². The van der Waals surface area contributed by atoms with Crippen LogP contribution in [0, 0.1) is 0 Å². The molecular weight excluding hydrogens is 396 g/mol. The van der Waals surface area contributed by atoms with Crippen LogP contribution >= 0.6 is 0 Å². The summed E-state index contributed by atoms with van der Waals surface area (Å²) in [5, 5.41) is 1.03. The van der Waals surface area contributed by atoms with Crippen molar-refractivity contribution in [3.05, 3.63) is 101 Å². The van der Waals surface area contributed by atoms with Crippen LogP contribution in [-0.2, 0) is 19.4 Å². The first-order valence-corrected chi connectivity index (χ1v) is 11.3. The zero-order valence-electron chi connectivity index (χ0n) is 18.6. The highest BCUT2D eigenvalue weighted by molar-refractivity contribution is 6.07. The van der Waals surface area contributed by atoms with Crippen molar-refractivity contribution in [2.75, 3.05) is 13.7 Å². The van der Waals surface area contributed by atoms with E-state index in [1.165, 1.54) is 16.7 Å². The van der Waals surface area contributed by atoms with Gasteiger partial charge in [0.2, 0.25) is 0 Å². The van der Waals surface area contributed by atoms with Crippen LogP contribution in [0.4, 0.5) is 0 Å². The van der Waals surface area contributed by atoms with E-state index < -0.39 is 0 Å². The first-order valence-electron chi connectivity index (χ1n) is 11.3. The van der Waals surface area contributed by atoms with E-state index in [1.807, 2.05) is 30.5 Å². The number of aryl methyl sites for hydroxylation is 1. The van der Waals surface area contributed by atoms with E-state index in [1.54, 1.807) is 7.11 Å². The molecule has 4 aromatic rings. The summed E-state index contributed by atoms with van der Waals surface area (Å²) in [7, 11) is 1.70. The summed E-state index contributed by atoms with van der Waals surface area (Å²) in [5.41, 5.74) is 5.62. The van der Waals surface area contributed by atoms with Crippen molar-refractivity contribution in [1.29, 1.82) is 0 Å². The Hall–Kier alpha value is -3.53. The van der Waals surface area contributed by atoms with Gasteiger partial charge in [-0.3, -0.25) is 4.79 Å². The second-order valence-electron chi connectivity index (χ2n) is 8.36. The predicted octanol–water partition coefficient (Wildman–Crippen LogP) is 5.65. The second-order valence-corrected chi connectivity index (χ2v) is 8.36. The molecule has 1 amide bonds. The molecule has 4 heteroatoms. The van der Waals surface area contributed by atoms with Gasteiger partial charge in [-0.2, -0.15) is 0 Å². The number of hydrogen-bond donors (Lipinski definition) is 0. The number of amides is 1. The maximum absolute atomic E-state index is 14.0. The number of fused-ring (bicyclic) bond motifs is 2. The Bertz CT molecular complexity index is 1260. The summed E-state index contributed by atoms with van der Waals surface area (Å²) < 4.78 is 7.62. The molecule has 0 N–H and O–H groups in total. The predicted molar refractivity (Wildman–Crippen MR) is 128 cm³/mol. The average Bonchev–Trinajstić information content (AvgIpc) is 3.23. The van der Waals surface area contributed by atoms with Gasteiger partial charge in [-0.25, -0.2) is 0 Å². The van der Waals surface area contributed by atoms with Gasteiger partial charge in [0, 0.05) is 30.2 Å². The van der Waals surface area contributed by atoms with Gasteiger partial charge in [-0.15, -0.1) is 0 Å². The molecule has 32 heavy (non-hydrogen) atoms. The minimum absolute atomic E-state index is 0.0108. The quantitative estimate of drug-likeness (QED) is 0.415. The van der Waals surface area contributed by atoms with Crippen LogP contribution < -0.4 is 4.74 Å². The number of methoxy groups -OCH3 is 1. The van der Waals surface area contributed by atoms with Gasteiger partial charge < -0.3 is 14.2 Å². The lowest BCUT2D eigenvalue weighted by molar-refractivity contribution is 0.0661. The first-order chi connectivity index (χ1) is 15.7. The normalized spacial score (nSPS) is 15.6. The average molecular weight is 425 g/mol. The smallest absolute Gasteiger partial charge is 0.256 e. The van der Waals surface area contributed by atoms with Crippen LogP contribution in [0.5, 0.6) is 5.75 Å². The fraction of sp³-hybridized carbons (Fsp3) is 0.250. The molecule has 5 rings (SSSR count). The lowest BCUT2D eigenvalue weighted by atomic mass is 9.88. The van der Waals surface area contributed by atoms with Gasteiger partial charge in [0.1, 0.15) is 5.75 Å². The lowest BCUT2D eigenvalue weighted by Crippen LogP contribution is -2.41. The highest BCUT2D eigenvalue weighted by atomic mass is 16.5. The highest BCUT2D eigenvalue weighted by Gasteiger charge is 2.33. The molecule has 0 saturated heterocycles. The third-order valence-electron chi connectivity index (χ3n) is 6.60. The van der Waals surface area contributed by atoms with Gasteiger partial charge in [-0.1, -0.05) is 54.6 Å². The summed E-state index contributed by atoms with van der Waals surface area (Å²) in [6.07, 6.45) is 3.64. The van der Waals surface area contributed by atoms with E-state index in [-0.39, 0.29) is 11.9 Å². The Kier molecular flexibility index (Phi) is 5.44. The van der Waals surface area contributed by atoms with Crippen LogP contribution in [0.15, 0.2) is 79.0 Å². The van der Waals surface area contributed by atoms with Crippen molar-refractivity contribution < 1.29 is 9.53 Å². The maximum Gasteiger partial charge on any atom is 0.256 e. The van der Waals surface area contributed by atoms with Gasteiger partial charge in [-0.05, 0) is 54.7 Å². The van der Waals surface area contributed by atoms with E-state index >= 15 is 0 Å². The molecule has 162 valence electrons. The van der Waals surface area contributed by atoms with E-state index in [0.29, 0.717) is 6.54 Å². The molecule has 4 nitrogen and oxygen atoms in total. The van der Waals surface area contributed by atoms with Gasteiger partial charge in [0.15, 0.2) is 0 Å². The van der Waals surface area contributed by atoms with Crippen molar-refractivity contribution in [1.82, 2.24) is 9.47 Å². The third-order valence-corrected chi connectivity index (χ3v) is 6.60. The Balaban J connectivity index is 1.58. The van der Waals surface area contributed by atoms with Crippen LogP contribution in [0.2, 0.25) is 0 Å². The fourth-order valence-electron chi connectivity index (χ4n) is 4.95. The molecule has 1 aliphatic rings. The summed E-state index contributed by atoms with van der Waals surface area (Å²) in [5.74, 6) is 0.976. The maximum atomic E-state index is 14.0. The molecule has 0 fully saturated rings. The fourth-order valence-corrected chi connectivity index (χ4v) is 4.95. The Morgan fingerprint density at radius 2 is 1.81 bits per heavy atom. The molecule has 0 bridgehead atoms. The molecule has 1 atom stereocenters. The van der Waals surface area contributed by atoms with Crippen LogP contribution in [0.1, 0.15) is 40.0 Å². The monoisotopic (exact) mass is 424 g/mol. The van der Waals surface area contributed by atoms with Gasteiger partial charge >= 0.3 is 0 Å². The molecule has 2 heterocycles. The molecule has 1 aliphatic heterocycles. The summed E-state index contributed by atoms with van der Waals surface area (Å²) >= 11 is 0. The Labute approximate surface area is 189 Å². The number of carbonyl (C=O) groups excluding carboxylic acids is 1. The molecular formula is C28H28N2O2. The number of carbonyl (C=O) groups is 1. The standard InChI is InChI=1S/C28H28N2O2/c1-3-29-19-25(24-11-7-8-12-26(24)29)28(31)30-16-15-21-18-22(32-2)13-14-23(21)27(30)17-20-9-5-4-6-10-20/h4-14,18-19,27H,3,15-17H2,1-2H3. The molecule has 0 aliphatic carbocycles. The van der Waals surface area contributed by atoms with E-state index in [0.717, 1.165) is 41.6 Å². The number of nitrogens with zero attached hydrogens (tertiary/aromatic N) is 2. The molecule has 0 radical (unpaired) electrons. The van der Waals surface area contributed by atoms with Crippen molar-refractivity contribution in [3.63, 3.8) is 0 Å². The summed E-state index contributed by atoms with van der Waals surface area (Å²) in [4.78, 5) is 16.0. The number of ether oxygens (including phenoxy) is 1. The molecule has 3 aromatic carbocycles. The number of benzene rings is 3. The zero-order chi connectivity index (χ0) is 22.1.